The van der Waals surface area contributed by atoms with Gasteiger partial charge in [0.05, 0.1) is 11.8 Å². The van der Waals surface area contributed by atoms with Crippen LogP contribution < -0.4 is 10.0 Å². The number of likely N-dealkylation sites (tertiary alicyclic amines) is 1. The largest absolute Gasteiger partial charge is 0.334 e. The van der Waals surface area contributed by atoms with Gasteiger partial charge in [0.1, 0.15) is 5.82 Å². The number of carbonyl (C=O) groups excluding carboxylic acids is 2. The number of aryl methyl sites for hydroxylation is 1. The van der Waals surface area contributed by atoms with E-state index < -0.39 is 21.7 Å². The number of hydrogen-bond donors (Lipinski definition) is 2. The first-order valence-electron chi connectivity index (χ1n) is 10.1. The van der Waals surface area contributed by atoms with E-state index in [0.717, 1.165) is 24.7 Å². The number of carbonyl (C=O) groups is 2. The monoisotopic (exact) mass is 447 g/mol. The van der Waals surface area contributed by atoms with Crippen LogP contribution in [0.25, 0.3) is 0 Å². The number of halogens is 1. The van der Waals surface area contributed by atoms with Crippen LogP contribution in [0.4, 0.5) is 10.1 Å². The van der Waals surface area contributed by atoms with Gasteiger partial charge in [-0.15, -0.1) is 0 Å². The molecule has 2 amide bonds. The van der Waals surface area contributed by atoms with Crippen molar-refractivity contribution in [1.29, 1.82) is 0 Å². The smallest absolute Gasteiger partial charge is 0.258 e. The van der Waals surface area contributed by atoms with Crippen molar-refractivity contribution in [2.75, 3.05) is 24.7 Å². The molecule has 0 saturated carbocycles. The molecule has 0 aliphatic carbocycles. The molecule has 2 N–H and O–H groups in total. The molecule has 7 nitrogen and oxygen atoms in total. The van der Waals surface area contributed by atoms with Gasteiger partial charge in [-0.25, -0.2) is 17.5 Å². The SMILES string of the molecule is Cc1ccc(C(=O)N2CCCC[C@@H]2CNS(C)(=O)=O)cc1NC(=O)c1ccccc1F. The first-order chi connectivity index (χ1) is 14.7. The van der Waals surface area contributed by atoms with Crippen molar-refractivity contribution in [3.63, 3.8) is 0 Å². The number of benzene rings is 2. The maximum atomic E-state index is 13.9. The zero-order valence-electron chi connectivity index (χ0n) is 17.5. The summed E-state index contributed by atoms with van der Waals surface area (Å²) in [5.74, 6) is -1.46. The molecule has 0 spiro atoms. The van der Waals surface area contributed by atoms with E-state index in [0.29, 0.717) is 24.2 Å². The van der Waals surface area contributed by atoms with Crippen LogP contribution in [-0.4, -0.2) is 50.5 Å². The van der Waals surface area contributed by atoms with Crippen LogP contribution in [0.5, 0.6) is 0 Å². The highest BCUT2D eigenvalue weighted by Crippen LogP contribution is 2.23. The maximum absolute atomic E-state index is 13.9. The van der Waals surface area contributed by atoms with Gasteiger partial charge < -0.3 is 10.2 Å². The highest BCUT2D eigenvalue weighted by molar-refractivity contribution is 7.88. The minimum atomic E-state index is -3.36. The molecule has 166 valence electrons. The minimum Gasteiger partial charge on any atom is -0.334 e. The molecule has 1 aliphatic heterocycles. The predicted molar refractivity (Wildman–Crippen MR) is 117 cm³/mol. The number of hydrogen-bond acceptors (Lipinski definition) is 4. The zero-order chi connectivity index (χ0) is 22.6. The van der Waals surface area contributed by atoms with E-state index in [1.54, 1.807) is 36.1 Å². The summed E-state index contributed by atoms with van der Waals surface area (Å²) in [7, 11) is -3.36. The summed E-state index contributed by atoms with van der Waals surface area (Å²) in [6, 6.07) is 10.4. The Hall–Kier alpha value is -2.78. The number of amides is 2. The van der Waals surface area contributed by atoms with Crippen LogP contribution in [0, 0.1) is 12.7 Å². The van der Waals surface area contributed by atoms with Gasteiger partial charge in [-0.2, -0.15) is 0 Å². The quantitative estimate of drug-likeness (QED) is 0.712. The Bertz CT molecular complexity index is 1090. The van der Waals surface area contributed by atoms with Gasteiger partial charge in [0.15, 0.2) is 0 Å². The fraction of sp³-hybridized carbons (Fsp3) is 0.364. The molecule has 0 unspecified atom stereocenters. The lowest BCUT2D eigenvalue weighted by Crippen LogP contribution is -2.49. The van der Waals surface area contributed by atoms with E-state index in [4.69, 9.17) is 0 Å². The molecule has 1 aliphatic rings. The number of anilines is 1. The minimum absolute atomic E-state index is 0.0819. The molecule has 1 heterocycles. The van der Waals surface area contributed by atoms with E-state index >= 15 is 0 Å². The Labute approximate surface area is 181 Å². The number of nitrogens with zero attached hydrogens (tertiary/aromatic N) is 1. The third-order valence-corrected chi connectivity index (χ3v) is 6.01. The van der Waals surface area contributed by atoms with Gasteiger partial charge in [-0.05, 0) is 56.0 Å². The van der Waals surface area contributed by atoms with E-state index in [9.17, 15) is 22.4 Å². The van der Waals surface area contributed by atoms with Gasteiger partial charge >= 0.3 is 0 Å². The normalized spacial score (nSPS) is 16.7. The Balaban J connectivity index is 1.80. The van der Waals surface area contributed by atoms with E-state index in [1.807, 2.05) is 0 Å². The van der Waals surface area contributed by atoms with Crippen molar-refractivity contribution in [3.8, 4) is 0 Å². The van der Waals surface area contributed by atoms with Crippen LogP contribution >= 0.6 is 0 Å². The second kappa shape index (κ2) is 9.57. The van der Waals surface area contributed by atoms with E-state index in [2.05, 4.69) is 10.0 Å². The molecule has 0 radical (unpaired) electrons. The first-order valence-corrected chi connectivity index (χ1v) is 12.0. The third kappa shape index (κ3) is 5.89. The van der Waals surface area contributed by atoms with Gasteiger partial charge in [0, 0.05) is 30.4 Å². The number of nitrogens with one attached hydrogen (secondary N) is 2. The zero-order valence-corrected chi connectivity index (χ0v) is 18.3. The summed E-state index contributed by atoms with van der Waals surface area (Å²) in [5, 5.41) is 2.68. The van der Waals surface area contributed by atoms with Gasteiger partial charge in [0.25, 0.3) is 11.8 Å². The predicted octanol–water partition coefficient (Wildman–Crippen LogP) is 2.93. The topological polar surface area (TPSA) is 95.6 Å². The summed E-state index contributed by atoms with van der Waals surface area (Å²) in [5.41, 5.74) is 1.44. The highest BCUT2D eigenvalue weighted by Gasteiger charge is 2.28. The first kappa shape index (κ1) is 22.9. The van der Waals surface area contributed by atoms with Crippen molar-refractivity contribution in [1.82, 2.24) is 9.62 Å². The molecule has 0 aromatic heterocycles. The summed E-state index contributed by atoms with van der Waals surface area (Å²) >= 11 is 0. The van der Waals surface area contributed by atoms with E-state index in [-0.39, 0.29) is 24.1 Å². The third-order valence-electron chi connectivity index (χ3n) is 5.32. The molecule has 1 saturated heterocycles. The summed E-state index contributed by atoms with van der Waals surface area (Å²) in [4.78, 5) is 27.3. The van der Waals surface area contributed by atoms with Crippen molar-refractivity contribution >= 4 is 27.5 Å². The van der Waals surface area contributed by atoms with Gasteiger partial charge in [-0.3, -0.25) is 9.59 Å². The Morgan fingerprint density at radius 3 is 2.61 bits per heavy atom. The molecule has 31 heavy (non-hydrogen) atoms. The fourth-order valence-electron chi connectivity index (χ4n) is 3.62. The van der Waals surface area contributed by atoms with Gasteiger partial charge in [-0.1, -0.05) is 18.2 Å². The number of piperidine rings is 1. The van der Waals surface area contributed by atoms with Crippen LogP contribution in [0.1, 0.15) is 45.5 Å². The lowest BCUT2D eigenvalue weighted by atomic mass is 10.00. The standard InChI is InChI=1S/C22H26FN3O4S/c1-15-10-11-16(13-20(15)25-21(27)18-8-3-4-9-19(18)23)22(28)26-12-6-5-7-17(26)14-24-31(2,29)30/h3-4,8-11,13,17,24H,5-7,12,14H2,1-2H3,(H,25,27)/t17-/m1/s1. The average molecular weight is 448 g/mol. The van der Waals surface area contributed by atoms with Crippen LogP contribution in [0.15, 0.2) is 42.5 Å². The Kier molecular flexibility index (Phi) is 7.07. The van der Waals surface area contributed by atoms with Crippen LogP contribution in [0.2, 0.25) is 0 Å². The average Bonchev–Trinajstić information content (AvgIpc) is 2.73. The second-order valence-corrected chi connectivity index (χ2v) is 9.57. The van der Waals surface area contributed by atoms with Crippen molar-refractivity contribution in [3.05, 3.63) is 65.0 Å². The van der Waals surface area contributed by atoms with Crippen molar-refractivity contribution in [2.45, 2.75) is 32.2 Å². The summed E-state index contributed by atoms with van der Waals surface area (Å²) in [6.07, 6.45) is 3.55. The van der Waals surface area contributed by atoms with E-state index in [1.165, 1.54) is 18.2 Å². The molecule has 0 bridgehead atoms. The number of rotatable bonds is 6. The molecule has 9 heteroatoms. The van der Waals surface area contributed by atoms with Crippen LogP contribution in [-0.2, 0) is 10.0 Å². The lowest BCUT2D eigenvalue weighted by molar-refractivity contribution is 0.0618. The molecular formula is C22H26FN3O4S. The fourth-order valence-corrected chi connectivity index (χ4v) is 4.11. The molecular weight excluding hydrogens is 421 g/mol. The Morgan fingerprint density at radius 2 is 1.90 bits per heavy atom. The second-order valence-electron chi connectivity index (χ2n) is 7.73. The highest BCUT2D eigenvalue weighted by atomic mass is 32.2. The maximum Gasteiger partial charge on any atom is 0.258 e. The molecule has 1 fully saturated rings. The van der Waals surface area contributed by atoms with Crippen molar-refractivity contribution < 1.29 is 22.4 Å². The molecule has 2 aromatic carbocycles. The van der Waals surface area contributed by atoms with Crippen LogP contribution in [0.3, 0.4) is 0 Å². The molecule has 2 aromatic rings. The number of sulfonamides is 1. The lowest BCUT2D eigenvalue weighted by Gasteiger charge is -2.36. The molecule has 1 atom stereocenters. The van der Waals surface area contributed by atoms with Crippen molar-refractivity contribution in [2.24, 2.45) is 0 Å². The summed E-state index contributed by atoms with van der Waals surface area (Å²) in [6.45, 7) is 2.47. The Morgan fingerprint density at radius 1 is 1.16 bits per heavy atom. The van der Waals surface area contributed by atoms with Gasteiger partial charge in [0.2, 0.25) is 10.0 Å². The molecule has 3 rings (SSSR count). The summed E-state index contributed by atoms with van der Waals surface area (Å²) < 4.78 is 39.3.